The van der Waals surface area contributed by atoms with Crippen molar-refractivity contribution < 1.29 is 4.79 Å². The lowest BCUT2D eigenvalue weighted by Crippen LogP contribution is -2.47. The maximum Gasteiger partial charge on any atom is 0.233 e. The zero-order valence-corrected chi connectivity index (χ0v) is 12.4. The van der Waals surface area contributed by atoms with Gasteiger partial charge >= 0.3 is 0 Å². The zero-order valence-electron chi connectivity index (χ0n) is 12.4. The molecular formula is C20H19NO. The molecule has 3 rings (SSSR count). The van der Waals surface area contributed by atoms with Gasteiger partial charge in [0.25, 0.3) is 0 Å². The van der Waals surface area contributed by atoms with Gasteiger partial charge in [-0.1, -0.05) is 85.0 Å². The molecule has 2 heteroatoms. The Balaban J connectivity index is 2.26. The van der Waals surface area contributed by atoms with E-state index in [1.807, 2.05) is 72.8 Å². The smallest absolute Gasteiger partial charge is 0.233 e. The highest BCUT2D eigenvalue weighted by Crippen LogP contribution is 2.42. The number of amides is 1. The third-order valence-electron chi connectivity index (χ3n) is 4.38. The van der Waals surface area contributed by atoms with Crippen molar-refractivity contribution in [1.29, 1.82) is 0 Å². The summed E-state index contributed by atoms with van der Waals surface area (Å²) >= 11 is 0. The first kappa shape index (κ1) is 14.3. The Morgan fingerprint density at radius 1 is 0.909 bits per heavy atom. The van der Waals surface area contributed by atoms with E-state index in [9.17, 15) is 4.79 Å². The van der Waals surface area contributed by atoms with Gasteiger partial charge in [-0.2, -0.15) is 0 Å². The molecule has 0 saturated heterocycles. The fourth-order valence-electron chi connectivity index (χ4n) is 3.37. The first-order chi connectivity index (χ1) is 10.8. The number of hydrogen-bond donors (Lipinski definition) is 1. The van der Waals surface area contributed by atoms with Crippen LogP contribution in [0.25, 0.3) is 0 Å². The van der Waals surface area contributed by atoms with Crippen molar-refractivity contribution in [1.82, 2.24) is 0 Å². The molecule has 2 aromatic carbocycles. The monoisotopic (exact) mass is 289 g/mol. The summed E-state index contributed by atoms with van der Waals surface area (Å²) in [7, 11) is 0. The van der Waals surface area contributed by atoms with Gasteiger partial charge in [0.1, 0.15) is 5.41 Å². The van der Waals surface area contributed by atoms with Crippen molar-refractivity contribution in [3.05, 3.63) is 96.1 Å². The van der Waals surface area contributed by atoms with Crippen LogP contribution in [0, 0.1) is 5.92 Å². The van der Waals surface area contributed by atoms with Crippen LogP contribution in [0.1, 0.15) is 17.5 Å². The highest BCUT2D eigenvalue weighted by Gasteiger charge is 2.46. The molecule has 2 nitrogen and oxygen atoms in total. The third kappa shape index (κ3) is 2.27. The van der Waals surface area contributed by atoms with E-state index in [2.05, 4.69) is 12.2 Å². The quantitative estimate of drug-likeness (QED) is 0.918. The van der Waals surface area contributed by atoms with Gasteiger partial charge in [-0.25, -0.2) is 0 Å². The first-order valence-electron chi connectivity index (χ1n) is 7.50. The summed E-state index contributed by atoms with van der Waals surface area (Å²) in [5, 5.41) is 0. The molecule has 0 spiro atoms. The summed E-state index contributed by atoms with van der Waals surface area (Å²) in [4.78, 5) is 12.7. The summed E-state index contributed by atoms with van der Waals surface area (Å²) in [6, 6.07) is 19.7. The molecule has 0 aromatic heterocycles. The van der Waals surface area contributed by atoms with Crippen LogP contribution in [-0.4, -0.2) is 5.91 Å². The molecule has 2 aromatic rings. The molecule has 0 aliphatic heterocycles. The highest BCUT2D eigenvalue weighted by molar-refractivity contribution is 5.91. The second-order valence-electron chi connectivity index (χ2n) is 5.56. The van der Waals surface area contributed by atoms with E-state index in [0.717, 1.165) is 17.5 Å². The number of hydrogen-bond acceptors (Lipinski definition) is 1. The Hall–Kier alpha value is -2.61. The average molecular weight is 289 g/mol. The number of carbonyl (C=O) groups is 1. The molecular weight excluding hydrogens is 270 g/mol. The summed E-state index contributed by atoms with van der Waals surface area (Å²) in [6.45, 7) is 0. The standard InChI is InChI=1S/C20H19NO/c21-19(22)20(16-10-4-1-5-11-16,17-12-6-2-7-13-17)18-14-8-3-9-15-18/h1-14,18H,15H2,(H2,21,22). The lowest BCUT2D eigenvalue weighted by molar-refractivity contribution is -0.123. The van der Waals surface area contributed by atoms with E-state index < -0.39 is 5.41 Å². The van der Waals surface area contributed by atoms with Crippen LogP contribution in [0.4, 0.5) is 0 Å². The number of nitrogens with two attached hydrogens (primary N) is 1. The normalized spacial score (nSPS) is 17.4. The maximum absolute atomic E-state index is 12.7. The molecule has 0 saturated carbocycles. The van der Waals surface area contributed by atoms with Gasteiger partial charge in [-0.05, 0) is 17.5 Å². The van der Waals surface area contributed by atoms with E-state index in [1.54, 1.807) is 0 Å². The van der Waals surface area contributed by atoms with Crippen molar-refractivity contribution in [2.24, 2.45) is 11.7 Å². The van der Waals surface area contributed by atoms with Gasteiger partial charge in [0.2, 0.25) is 5.91 Å². The fraction of sp³-hybridized carbons (Fsp3) is 0.150. The second-order valence-corrected chi connectivity index (χ2v) is 5.56. The van der Waals surface area contributed by atoms with E-state index in [0.29, 0.717) is 0 Å². The molecule has 1 unspecified atom stereocenters. The second kappa shape index (κ2) is 6.02. The Bertz CT molecular complexity index is 662. The minimum absolute atomic E-state index is 0.0137. The maximum atomic E-state index is 12.7. The molecule has 0 bridgehead atoms. The minimum Gasteiger partial charge on any atom is -0.369 e. The molecule has 1 aliphatic carbocycles. The van der Waals surface area contributed by atoms with Gasteiger partial charge in [-0.15, -0.1) is 0 Å². The number of primary amides is 1. The van der Waals surface area contributed by atoms with Crippen LogP contribution in [0.5, 0.6) is 0 Å². The summed E-state index contributed by atoms with van der Waals surface area (Å²) < 4.78 is 0. The molecule has 22 heavy (non-hydrogen) atoms. The van der Waals surface area contributed by atoms with Crippen LogP contribution in [0.2, 0.25) is 0 Å². The van der Waals surface area contributed by atoms with Crippen LogP contribution in [-0.2, 0) is 10.2 Å². The molecule has 1 amide bonds. The van der Waals surface area contributed by atoms with Crippen LogP contribution >= 0.6 is 0 Å². The van der Waals surface area contributed by atoms with Crippen LogP contribution in [0.15, 0.2) is 85.0 Å². The SMILES string of the molecule is NC(=O)C(c1ccccc1)(c1ccccc1)C1C=CC=CC1. The van der Waals surface area contributed by atoms with E-state index in [1.165, 1.54) is 0 Å². The fourth-order valence-corrected chi connectivity index (χ4v) is 3.37. The lowest BCUT2D eigenvalue weighted by Gasteiger charge is -2.38. The number of carbonyl (C=O) groups excluding carboxylic acids is 1. The van der Waals surface area contributed by atoms with E-state index in [4.69, 9.17) is 5.73 Å². The predicted octanol–water partition coefficient (Wildman–Crippen LogP) is 3.59. The van der Waals surface area contributed by atoms with E-state index >= 15 is 0 Å². The molecule has 110 valence electrons. The molecule has 0 fully saturated rings. The first-order valence-corrected chi connectivity index (χ1v) is 7.50. The van der Waals surface area contributed by atoms with Gasteiger partial charge in [0.05, 0.1) is 0 Å². The van der Waals surface area contributed by atoms with Crippen molar-refractivity contribution in [3.8, 4) is 0 Å². The molecule has 0 radical (unpaired) electrons. The summed E-state index contributed by atoms with van der Waals surface area (Å²) in [6.07, 6.45) is 8.98. The van der Waals surface area contributed by atoms with Crippen molar-refractivity contribution in [3.63, 3.8) is 0 Å². The van der Waals surface area contributed by atoms with Gasteiger partial charge in [0.15, 0.2) is 0 Å². The predicted molar refractivity (Wildman–Crippen MR) is 89.2 cm³/mol. The Morgan fingerprint density at radius 2 is 1.45 bits per heavy atom. The van der Waals surface area contributed by atoms with E-state index in [-0.39, 0.29) is 11.8 Å². The Morgan fingerprint density at radius 3 is 1.86 bits per heavy atom. The Kier molecular flexibility index (Phi) is 3.92. The van der Waals surface area contributed by atoms with Crippen LogP contribution in [0.3, 0.4) is 0 Å². The van der Waals surface area contributed by atoms with Gasteiger partial charge in [0, 0.05) is 5.92 Å². The van der Waals surface area contributed by atoms with Crippen molar-refractivity contribution >= 4 is 5.91 Å². The largest absolute Gasteiger partial charge is 0.369 e. The molecule has 2 N–H and O–H groups in total. The highest BCUT2D eigenvalue weighted by atomic mass is 16.1. The third-order valence-corrected chi connectivity index (χ3v) is 4.38. The minimum atomic E-state index is -0.843. The van der Waals surface area contributed by atoms with Crippen LogP contribution < -0.4 is 5.73 Å². The molecule has 1 atom stereocenters. The van der Waals surface area contributed by atoms with Gasteiger partial charge < -0.3 is 5.73 Å². The lowest BCUT2D eigenvalue weighted by atomic mass is 9.63. The molecule has 0 heterocycles. The number of rotatable bonds is 4. The Labute approximate surface area is 131 Å². The zero-order chi connectivity index (χ0) is 15.4. The van der Waals surface area contributed by atoms with Crippen molar-refractivity contribution in [2.75, 3.05) is 0 Å². The average Bonchev–Trinajstić information content (AvgIpc) is 2.58. The summed E-state index contributed by atoms with van der Waals surface area (Å²) in [5.74, 6) is -0.297. The number of allylic oxidation sites excluding steroid dienone is 4. The molecule has 1 aliphatic rings. The topological polar surface area (TPSA) is 43.1 Å². The summed E-state index contributed by atoms with van der Waals surface area (Å²) in [5.41, 5.74) is 7.01. The number of benzene rings is 2. The van der Waals surface area contributed by atoms with Crippen molar-refractivity contribution in [2.45, 2.75) is 11.8 Å². The van der Waals surface area contributed by atoms with Gasteiger partial charge in [-0.3, -0.25) is 4.79 Å².